The highest BCUT2D eigenvalue weighted by Crippen LogP contribution is 2.33. The molecule has 1 aliphatic heterocycles. The highest BCUT2D eigenvalue weighted by molar-refractivity contribution is 5.88. The van der Waals surface area contributed by atoms with Crippen molar-refractivity contribution in [1.82, 2.24) is 9.80 Å². The average Bonchev–Trinajstić information content (AvgIpc) is 3.00. The maximum atomic E-state index is 14.3. The van der Waals surface area contributed by atoms with Gasteiger partial charge in [-0.25, -0.2) is 14.2 Å². The van der Waals surface area contributed by atoms with E-state index in [0.29, 0.717) is 17.2 Å². The highest BCUT2D eigenvalue weighted by Gasteiger charge is 2.29. The lowest BCUT2D eigenvalue weighted by Gasteiger charge is -2.29. The molecule has 222 valence electrons. The molecule has 1 fully saturated rings. The molecule has 1 atom stereocenters. The fraction of sp³-hybridized carbons (Fsp3) is 0.364. The van der Waals surface area contributed by atoms with Crippen LogP contribution in [0, 0.1) is 5.82 Å². The van der Waals surface area contributed by atoms with Crippen molar-refractivity contribution in [1.29, 1.82) is 0 Å². The smallest absolute Gasteiger partial charge is 0.333 e. The monoisotopic (exact) mass is 575 g/mol. The lowest BCUT2D eigenvalue weighted by Crippen LogP contribution is -2.32. The lowest BCUT2D eigenvalue weighted by molar-refractivity contribution is -0.147. The van der Waals surface area contributed by atoms with Crippen LogP contribution in [-0.4, -0.2) is 76.1 Å². The van der Waals surface area contributed by atoms with Crippen molar-refractivity contribution >= 4 is 24.3 Å². The van der Waals surface area contributed by atoms with Crippen molar-refractivity contribution in [3.05, 3.63) is 83.2 Å². The quantitative estimate of drug-likeness (QED) is 0.0863. The summed E-state index contributed by atoms with van der Waals surface area (Å²) in [6, 6.07) is 16.9. The number of rotatable bonds is 12. The van der Waals surface area contributed by atoms with Crippen LogP contribution >= 0.6 is 0 Å². The summed E-state index contributed by atoms with van der Waals surface area (Å²) in [7, 11) is 5.25. The maximum absolute atomic E-state index is 14.3. The van der Waals surface area contributed by atoms with Gasteiger partial charge in [0.25, 0.3) is 0 Å². The van der Waals surface area contributed by atoms with Crippen LogP contribution < -0.4 is 4.74 Å². The van der Waals surface area contributed by atoms with Gasteiger partial charge < -0.3 is 24.0 Å². The fourth-order valence-electron chi connectivity index (χ4n) is 5.18. The Labute approximate surface area is 246 Å². The zero-order valence-corrected chi connectivity index (χ0v) is 24.6. The van der Waals surface area contributed by atoms with Crippen LogP contribution in [0.3, 0.4) is 0 Å². The van der Waals surface area contributed by atoms with E-state index < -0.39 is 17.8 Å². The number of ether oxygens (including phenoxy) is 3. The van der Waals surface area contributed by atoms with Crippen LogP contribution in [0.25, 0.3) is 11.1 Å². The number of likely N-dealkylation sites (tertiary alicyclic amines) is 1. The van der Waals surface area contributed by atoms with Gasteiger partial charge in [-0.1, -0.05) is 30.3 Å². The molecule has 4 rings (SSSR count). The molecule has 0 bridgehead atoms. The number of methoxy groups -OCH3 is 1. The second-order valence-corrected chi connectivity index (χ2v) is 10.4. The van der Waals surface area contributed by atoms with Crippen LogP contribution in [0.2, 0.25) is 0 Å². The van der Waals surface area contributed by atoms with Crippen molar-refractivity contribution in [2.75, 3.05) is 47.7 Å². The lowest BCUT2D eigenvalue weighted by atomic mass is 9.88. The number of carbonyl (C=O) groups excluding carboxylic acids is 2. The van der Waals surface area contributed by atoms with E-state index in [2.05, 4.69) is 41.2 Å². The number of aliphatic imine (C=N–C) groups is 1. The van der Waals surface area contributed by atoms with E-state index in [1.807, 2.05) is 6.07 Å². The van der Waals surface area contributed by atoms with Gasteiger partial charge in [0.1, 0.15) is 11.6 Å². The van der Waals surface area contributed by atoms with Crippen LogP contribution in [-0.2, 0) is 14.3 Å². The summed E-state index contributed by atoms with van der Waals surface area (Å²) in [6.45, 7) is 3.97. The molecule has 9 heteroatoms. The highest BCUT2D eigenvalue weighted by atomic mass is 19.1. The molecule has 0 aliphatic carbocycles. The third-order valence-electron chi connectivity index (χ3n) is 7.48. The van der Waals surface area contributed by atoms with Crippen molar-refractivity contribution in [3.63, 3.8) is 0 Å². The first-order valence-corrected chi connectivity index (χ1v) is 14.1. The number of carbonyl (C=O) groups is 2. The molecule has 1 heterocycles. The zero-order valence-electron chi connectivity index (χ0n) is 24.6. The summed E-state index contributed by atoms with van der Waals surface area (Å²) in [5.41, 5.74) is 4.36. The summed E-state index contributed by atoms with van der Waals surface area (Å²) in [5.74, 6) is -0.291. The van der Waals surface area contributed by atoms with Gasteiger partial charge in [0.2, 0.25) is 0 Å². The van der Waals surface area contributed by atoms with Crippen molar-refractivity contribution < 1.29 is 28.2 Å². The molecule has 0 N–H and O–H groups in total. The topological polar surface area (TPSA) is 80.7 Å². The van der Waals surface area contributed by atoms with Gasteiger partial charge in [0, 0.05) is 25.3 Å². The van der Waals surface area contributed by atoms with E-state index in [1.54, 1.807) is 26.1 Å². The van der Waals surface area contributed by atoms with Gasteiger partial charge in [0.15, 0.2) is 19.1 Å². The first-order chi connectivity index (χ1) is 20.3. The van der Waals surface area contributed by atoms with E-state index in [4.69, 9.17) is 14.2 Å². The Morgan fingerprint density at radius 3 is 2.48 bits per heavy atom. The number of esters is 1. The van der Waals surface area contributed by atoms with Crippen LogP contribution in [0.15, 0.2) is 65.7 Å². The van der Waals surface area contributed by atoms with Gasteiger partial charge in [-0.3, -0.25) is 4.79 Å². The summed E-state index contributed by atoms with van der Waals surface area (Å²) >= 11 is 0. The predicted molar refractivity (Wildman–Crippen MR) is 161 cm³/mol. The van der Waals surface area contributed by atoms with Crippen molar-refractivity contribution in [3.8, 4) is 16.9 Å². The number of nitrogens with zero attached hydrogens (tertiary/aromatic N) is 3. The van der Waals surface area contributed by atoms with E-state index in [-0.39, 0.29) is 24.7 Å². The molecule has 1 unspecified atom stereocenters. The molecule has 0 radical (unpaired) electrons. The molecule has 42 heavy (non-hydrogen) atoms. The predicted octanol–water partition coefficient (Wildman–Crippen LogP) is 5.99. The first kappa shape index (κ1) is 30.9. The second kappa shape index (κ2) is 14.7. The first-order valence-electron chi connectivity index (χ1n) is 14.1. The van der Waals surface area contributed by atoms with E-state index >= 15 is 0 Å². The number of hydrogen-bond donors (Lipinski definition) is 0. The Morgan fingerprint density at radius 1 is 1.10 bits per heavy atom. The minimum Gasteiger partial charge on any atom is -0.467 e. The fourth-order valence-corrected chi connectivity index (χ4v) is 5.18. The van der Waals surface area contributed by atoms with Crippen molar-refractivity contribution in [2.45, 2.75) is 31.7 Å². The van der Waals surface area contributed by atoms with E-state index in [1.165, 1.54) is 42.1 Å². The molecule has 8 nitrogen and oxygen atoms in total. The minimum absolute atomic E-state index is 0.0814. The molecular weight excluding hydrogens is 537 g/mol. The number of piperidine rings is 1. The molecule has 3 aromatic rings. The molecule has 3 aromatic carbocycles. The van der Waals surface area contributed by atoms with Crippen LogP contribution in [0.1, 0.15) is 53.2 Å². The second-order valence-electron chi connectivity index (χ2n) is 10.4. The Morgan fingerprint density at radius 2 is 1.81 bits per heavy atom. The number of aldehydes is 1. The molecular formula is C33H38FN3O5. The van der Waals surface area contributed by atoms with Gasteiger partial charge in [-0.15, -0.1) is 0 Å². The summed E-state index contributed by atoms with van der Waals surface area (Å²) in [6.07, 6.45) is 4.49. The minimum atomic E-state index is -1.06. The number of benzene rings is 3. The molecule has 0 spiro atoms. The summed E-state index contributed by atoms with van der Waals surface area (Å²) in [5, 5.41) is 0. The Balaban J connectivity index is 1.56. The summed E-state index contributed by atoms with van der Waals surface area (Å²) < 4.78 is 30.1. The van der Waals surface area contributed by atoms with E-state index in [0.717, 1.165) is 43.3 Å². The number of likely N-dealkylation sites (N-methyl/N-ethyl adjacent to an activating group) is 1. The molecule has 0 amide bonds. The SMILES string of the molecule is CCOC(=O)C(c1cc(F)ccc1OCOC)N(C)/C=N\c1ccc(-c2ccc(C3CCN(C)CC3)cc2)cc1C=O. The zero-order chi connectivity index (χ0) is 30.1. The van der Waals surface area contributed by atoms with Crippen LogP contribution in [0.5, 0.6) is 5.75 Å². The van der Waals surface area contributed by atoms with Crippen molar-refractivity contribution in [2.24, 2.45) is 4.99 Å². The Kier molecular flexibility index (Phi) is 10.8. The molecule has 0 aromatic heterocycles. The standard InChI is InChI=1S/C33H38FN3O5/c1-5-41-33(39)32(29-19-28(34)11-13-31(29)42-22-40-4)37(3)21-35-30-12-10-26(18-27(30)20-38)24-8-6-23(7-9-24)25-14-16-36(2)17-15-25/h6-13,18-21,25,32H,5,14-17,22H2,1-4H3/b35-21-. The summed E-state index contributed by atoms with van der Waals surface area (Å²) in [4.78, 5) is 33.4. The van der Waals surface area contributed by atoms with Gasteiger partial charge >= 0.3 is 5.97 Å². The molecule has 1 saturated heterocycles. The van der Waals surface area contributed by atoms with E-state index in [9.17, 15) is 14.0 Å². The number of halogens is 1. The Hall–Kier alpha value is -4.08. The van der Waals surface area contributed by atoms with Crippen LogP contribution in [0.4, 0.5) is 10.1 Å². The third kappa shape index (κ3) is 7.60. The van der Waals surface area contributed by atoms with Gasteiger partial charge in [0.05, 0.1) is 18.6 Å². The third-order valence-corrected chi connectivity index (χ3v) is 7.48. The largest absolute Gasteiger partial charge is 0.467 e. The molecule has 1 aliphatic rings. The van der Waals surface area contributed by atoms with Gasteiger partial charge in [-0.05, 0) is 92.8 Å². The molecule has 0 saturated carbocycles. The maximum Gasteiger partial charge on any atom is 0.333 e. The average molecular weight is 576 g/mol. The normalized spacial score (nSPS) is 15.0. The Bertz CT molecular complexity index is 1390. The number of hydrogen-bond acceptors (Lipinski definition) is 7. The van der Waals surface area contributed by atoms with Gasteiger partial charge in [-0.2, -0.15) is 0 Å².